The first-order valence-corrected chi connectivity index (χ1v) is 11.6. The smallest absolute Gasteiger partial charge is 0.394 e. The van der Waals surface area contributed by atoms with Crippen molar-refractivity contribution in [2.45, 2.75) is 76.4 Å². The molecular formula is C23H29FN4O5. The zero-order valence-corrected chi connectivity index (χ0v) is 18.4. The lowest BCUT2D eigenvalue weighted by molar-refractivity contribution is -0.150. The number of nitrogens with one attached hydrogen (secondary N) is 2. The molecule has 2 saturated carbocycles. The van der Waals surface area contributed by atoms with E-state index in [1.165, 1.54) is 12.5 Å². The number of aliphatic carboxylic acids is 1. The number of hydrogen-bond acceptors (Lipinski definition) is 5. The summed E-state index contributed by atoms with van der Waals surface area (Å²) in [5, 5.41) is 14.2. The molecule has 0 radical (unpaired) electrons. The largest absolute Gasteiger partial charge is 0.474 e. The van der Waals surface area contributed by atoms with Crippen molar-refractivity contribution in [1.29, 1.82) is 0 Å². The van der Waals surface area contributed by atoms with E-state index >= 15 is 4.39 Å². The molecule has 33 heavy (non-hydrogen) atoms. The maximum absolute atomic E-state index is 15.0. The molecule has 1 heterocycles. The Hall–Kier alpha value is -3.17. The molecule has 2 aliphatic rings. The number of hydrogen-bond donors (Lipinski definition) is 3. The quantitative estimate of drug-likeness (QED) is 0.569. The van der Waals surface area contributed by atoms with Gasteiger partial charge in [-0.1, -0.05) is 32.1 Å². The summed E-state index contributed by atoms with van der Waals surface area (Å²) in [6.45, 7) is -0.413. The van der Waals surface area contributed by atoms with Crippen LogP contribution in [0.5, 0.6) is 0 Å². The first kappa shape index (κ1) is 23.0. The van der Waals surface area contributed by atoms with Gasteiger partial charge in [0.25, 0.3) is 5.56 Å². The van der Waals surface area contributed by atoms with Gasteiger partial charge in [0, 0.05) is 25.2 Å². The van der Waals surface area contributed by atoms with Crippen LogP contribution >= 0.6 is 0 Å². The van der Waals surface area contributed by atoms with Crippen LogP contribution in [-0.4, -0.2) is 38.7 Å². The Morgan fingerprint density at radius 3 is 2.36 bits per heavy atom. The number of halogens is 1. The number of carboxylic acids is 1. The molecule has 0 saturated heterocycles. The summed E-state index contributed by atoms with van der Waals surface area (Å²) in [5.74, 6) is -3.42. The molecule has 1 aromatic heterocycles. The maximum atomic E-state index is 15.0. The van der Waals surface area contributed by atoms with Gasteiger partial charge in [-0.2, -0.15) is 0 Å². The summed E-state index contributed by atoms with van der Waals surface area (Å²) in [6, 6.07) is 2.82. The maximum Gasteiger partial charge on any atom is 0.394 e. The third-order valence-corrected chi connectivity index (χ3v) is 6.73. The molecule has 2 aliphatic carbocycles. The standard InChI is InChI=1S/C23H29FN4O5/c24-17-12-16-19(13-18(17)26-14-6-2-1-3-7-14)28(15-8-4-5-9-15)23(33)27(21(16)30)11-10-25-20(29)22(31)32/h12-15,26H,1-11H2,(H,25,29)(H,31,32). The zero-order chi connectivity index (χ0) is 23.5. The van der Waals surface area contributed by atoms with Crippen LogP contribution in [0.3, 0.4) is 0 Å². The van der Waals surface area contributed by atoms with E-state index in [4.69, 9.17) is 5.11 Å². The van der Waals surface area contributed by atoms with Crippen LogP contribution < -0.4 is 21.9 Å². The highest BCUT2D eigenvalue weighted by molar-refractivity contribution is 6.31. The third-order valence-electron chi connectivity index (χ3n) is 6.73. The molecular weight excluding hydrogens is 431 g/mol. The topological polar surface area (TPSA) is 122 Å². The van der Waals surface area contributed by atoms with Gasteiger partial charge in [0.2, 0.25) is 0 Å². The van der Waals surface area contributed by atoms with Crippen molar-refractivity contribution in [2.24, 2.45) is 0 Å². The lowest BCUT2D eigenvalue weighted by Gasteiger charge is -2.25. The van der Waals surface area contributed by atoms with Gasteiger partial charge >= 0.3 is 17.6 Å². The van der Waals surface area contributed by atoms with Gasteiger partial charge in [-0.05, 0) is 37.8 Å². The normalized spacial score (nSPS) is 17.4. The lowest BCUT2D eigenvalue weighted by Crippen LogP contribution is -2.44. The molecule has 0 unspecified atom stereocenters. The van der Waals surface area contributed by atoms with E-state index in [0.717, 1.165) is 55.9 Å². The molecule has 3 N–H and O–H groups in total. The van der Waals surface area contributed by atoms with Crippen molar-refractivity contribution in [3.63, 3.8) is 0 Å². The highest BCUT2D eigenvalue weighted by Crippen LogP contribution is 2.32. The van der Waals surface area contributed by atoms with E-state index in [1.54, 1.807) is 10.6 Å². The third kappa shape index (κ3) is 4.79. The first-order valence-electron chi connectivity index (χ1n) is 11.6. The number of anilines is 1. The fourth-order valence-electron chi connectivity index (χ4n) is 5.04. The molecule has 1 aromatic carbocycles. The molecule has 2 aromatic rings. The molecule has 9 nitrogen and oxygen atoms in total. The summed E-state index contributed by atoms with van der Waals surface area (Å²) in [7, 11) is 0. The molecule has 178 valence electrons. The van der Waals surface area contributed by atoms with E-state index in [0.29, 0.717) is 11.2 Å². The molecule has 0 aliphatic heterocycles. The van der Waals surface area contributed by atoms with Gasteiger partial charge in [0.1, 0.15) is 5.82 Å². The number of amides is 1. The van der Waals surface area contributed by atoms with Gasteiger partial charge in [-0.25, -0.2) is 14.0 Å². The van der Waals surface area contributed by atoms with Gasteiger partial charge in [-0.15, -0.1) is 0 Å². The van der Waals surface area contributed by atoms with Crippen LogP contribution in [0.1, 0.15) is 63.8 Å². The number of aromatic nitrogens is 2. The van der Waals surface area contributed by atoms with Gasteiger partial charge < -0.3 is 15.7 Å². The predicted octanol–water partition coefficient (Wildman–Crippen LogP) is 2.36. The summed E-state index contributed by atoms with van der Waals surface area (Å²) in [6.07, 6.45) is 8.74. The summed E-state index contributed by atoms with van der Waals surface area (Å²) < 4.78 is 17.6. The van der Waals surface area contributed by atoms with Crippen molar-refractivity contribution in [2.75, 3.05) is 11.9 Å². The van der Waals surface area contributed by atoms with E-state index in [-0.39, 0.29) is 30.6 Å². The van der Waals surface area contributed by atoms with Crippen molar-refractivity contribution in [3.05, 3.63) is 38.8 Å². The molecule has 10 heteroatoms. The van der Waals surface area contributed by atoms with Crippen molar-refractivity contribution in [1.82, 2.24) is 14.5 Å². The van der Waals surface area contributed by atoms with Gasteiger partial charge in [0.05, 0.1) is 16.6 Å². The average molecular weight is 461 g/mol. The molecule has 1 amide bonds. The number of fused-ring (bicyclic) bond motifs is 1. The number of carbonyl (C=O) groups excluding carboxylic acids is 1. The second-order valence-corrected chi connectivity index (χ2v) is 8.94. The Morgan fingerprint density at radius 2 is 1.70 bits per heavy atom. The Labute approximate surface area is 189 Å². The van der Waals surface area contributed by atoms with E-state index in [1.807, 2.05) is 0 Å². The van der Waals surface area contributed by atoms with Crippen molar-refractivity contribution < 1.29 is 19.1 Å². The lowest BCUT2D eigenvalue weighted by atomic mass is 9.95. The van der Waals surface area contributed by atoms with Crippen LogP contribution in [0.4, 0.5) is 10.1 Å². The van der Waals surface area contributed by atoms with Gasteiger partial charge in [0.15, 0.2) is 0 Å². The number of rotatable bonds is 6. The number of benzene rings is 1. The summed E-state index contributed by atoms with van der Waals surface area (Å²) >= 11 is 0. The first-order chi connectivity index (χ1) is 15.9. The van der Waals surface area contributed by atoms with Crippen LogP contribution in [0.25, 0.3) is 10.9 Å². The minimum Gasteiger partial charge on any atom is -0.474 e. The number of nitrogens with zero attached hydrogens (tertiary/aromatic N) is 2. The second kappa shape index (κ2) is 9.76. The Kier molecular flexibility index (Phi) is 6.80. The second-order valence-electron chi connectivity index (χ2n) is 8.94. The molecule has 0 bridgehead atoms. The SMILES string of the molecule is O=C(O)C(=O)NCCn1c(=O)c2cc(F)c(NC3CCCCC3)cc2n(C2CCCC2)c1=O. The summed E-state index contributed by atoms with van der Waals surface area (Å²) in [4.78, 5) is 48.5. The van der Waals surface area contributed by atoms with Crippen LogP contribution in [0.2, 0.25) is 0 Å². The Balaban J connectivity index is 1.76. The van der Waals surface area contributed by atoms with Gasteiger partial charge in [-0.3, -0.25) is 18.7 Å². The van der Waals surface area contributed by atoms with E-state index in [2.05, 4.69) is 10.6 Å². The van der Waals surface area contributed by atoms with Crippen molar-refractivity contribution >= 4 is 28.5 Å². The summed E-state index contributed by atoms with van der Waals surface area (Å²) in [5.41, 5.74) is -0.481. The van der Waals surface area contributed by atoms with Crippen LogP contribution in [0, 0.1) is 5.82 Å². The van der Waals surface area contributed by atoms with E-state index in [9.17, 15) is 19.2 Å². The Morgan fingerprint density at radius 1 is 1.03 bits per heavy atom. The minimum absolute atomic E-state index is 0.0951. The molecule has 4 rings (SSSR count). The monoisotopic (exact) mass is 460 g/mol. The molecule has 0 atom stereocenters. The van der Waals surface area contributed by atoms with E-state index < -0.39 is 28.9 Å². The fourth-order valence-corrected chi connectivity index (χ4v) is 5.04. The number of carbonyl (C=O) groups is 2. The minimum atomic E-state index is -1.65. The highest BCUT2D eigenvalue weighted by Gasteiger charge is 2.25. The van der Waals surface area contributed by atoms with Crippen molar-refractivity contribution in [3.8, 4) is 0 Å². The van der Waals surface area contributed by atoms with Crippen LogP contribution in [-0.2, 0) is 16.1 Å². The number of carboxylic acid groups (broad SMARTS) is 1. The zero-order valence-electron chi connectivity index (χ0n) is 18.4. The fraction of sp³-hybridized carbons (Fsp3) is 0.565. The van der Waals surface area contributed by atoms with Crippen LogP contribution in [0.15, 0.2) is 21.7 Å². The average Bonchev–Trinajstić information content (AvgIpc) is 3.32. The molecule has 0 spiro atoms. The predicted molar refractivity (Wildman–Crippen MR) is 121 cm³/mol. The Bertz CT molecular complexity index is 1180. The molecule has 2 fully saturated rings. The highest BCUT2D eigenvalue weighted by atomic mass is 19.1.